The van der Waals surface area contributed by atoms with Gasteiger partial charge in [-0.3, -0.25) is 14.8 Å². The summed E-state index contributed by atoms with van der Waals surface area (Å²) in [6.45, 7) is 7.64. The van der Waals surface area contributed by atoms with Gasteiger partial charge in [0.1, 0.15) is 0 Å². The van der Waals surface area contributed by atoms with Crippen molar-refractivity contribution in [3.05, 3.63) is 53.3 Å². The second-order valence-electron chi connectivity index (χ2n) is 9.05. The number of aromatic amines is 1. The number of benzene rings is 1. The number of carbonyl (C=O) groups is 1. The van der Waals surface area contributed by atoms with Crippen LogP contribution in [0.1, 0.15) is 54.2 Å². The van der Waals surface area contributed by atoms with E-state index in [-0.39, 0.29) is 17.5 Å². The molecule has 3 atom stereocenters. The molecule has 2 aliphatic heterocycles. The lowest BCUT2D eigenvalue weighted by atomic mass is 9.75. The molecular weight excluding hydrogens is 376 g/mol. The first kappa shape index (κ1) is 21.0. The Balaban J connectivity index is 1.76. The van der Waals surface area contributed by atoms with Gasteiger partial charge in [-0.15, -0.1) is 0 Å². The van der Waals surface area contributed by atoms with Crippen LogP contribution in [0.4, 0.5) is 0 Å². The van der Waals surface area contributed by atoms with Gasteiger partial charge in [-0.05, 0) is 57.5 Å². The second-order valence-corrected chi connectivity index (χ2v) is 9.05. The third-order valence-electron chi connectivity index (χ3n) is 6.88. The Hall–Kier alpha value is -2.22. The smallest absolute Gasteiger partial charge is 0.253 e. The van der Waals surface area contributed by atoms with E-state index in [1.54, 1.807) is 19.0 Å². The number of hydrogen-bond donors (Lipinski definition) is 3. The molecule has 7 heteroatoms. The van der Waals surface area contributed by atoms with Crippen LogP contribution in [0.2, 0.25) is 0 Å². The number of rotatable bonds is 4. The maximum atomic E-state index is 12.4. The summed E-state index contributed by atoms with van der Waals surface area (Å²) in [5, 5.41) is 14.6. The SMILES string of the molecule is CC1CN(C(c2ccc(C(=O)N(C)C)cc2)c2cn[nH]c2)C2(CCNCC2)C(C)N1. The highest BCUT2D eigenvalue weighted by atomic mass is 16.2. The van der Waals surface area contributed by atoms with Gasteiger partial charge >= 0.3 is 0 Å². The first-order valence-electron chi connectivity index (χ1n) is 11.0. The highest BCUT2D eigenvalue weighted by Crippen LogP contribution is 2.42. The molecular formula is C23H34N6O. The molecule has 2 fully saturated rings. The van der Waals surface area contributed by atoms with Crippen LogP contribution in [0, 0.1) is 0 Å². The number of piperidine rings is 1. The Labute approximate surface area is 179 Å². The Morgan fingerprint density at radius 2 is 1.87 bits per heavy atom. The quantitative estimate of drug-likeness (QED) is 0.719. The monoisotopic (exact) mass is 410 g/mol. The number of nitrogens with one attached hydrogen (secondary N) is 3. The molecule has 3 N–H and O–H groups in total. The average Bonchev–Trinajstić information content (AvgIpc) is 3.27. The fourth-order valence-electron chi connectivity index (χ4n) is 5.33. The molecule has 0 aliphatic carbocycles. The Morgan fingerprint density at radius 3 is 2.47 bits per heavy atom. The van der Waals surface area contributed by atoms with Crippen LogP contribution < -0.4 is 10.6 Å². The van der Waals surface area contributed by atoms with Crippen molar-refractivity contribution >= 4 is 5.91 Å². The lowest BCUT2D eigenvalue weighted by molar-refractivity contribution is -0.0349. The summed E-state index contributed by atoms with van der Waals surface area (Å²) < 4.78 is 0. The van der Waals surface area contributed by atoms with Gasteiger partial charge in [-0.2, -0.15) is 5.10 Å². The number of amides is 1. The lowest BCUT2D eigenvalue weighted by Gasteiger charge is -2.58. The summed E-state index contributed by atoms with van der Waals surface area (Å²) >= 11 is 0. The van der Waals surface area contributed by atoms with Crippen molar-refractivity contribution in [1.82, 2.24) is 30.6 Å². The normalized spacial score (nSPS) is 25.2. The van der Waals surface area contributed by atoms with Gasteiger partial charge < -0.3 is 15.5 Å². The van der Waals surface area contributed by atoms with Gasteiger partial charge in [0, 0.05) is 55.6 Å². The van der Waals surface area contributed by atoms with E-state index in [0.29, 0.717) is 17.6 Å². The lowest BCUT2D eigenvalue weighted by Crippen LogP contribution is -2.71. The fraction of sp³-hybridized carbons (Fsp3) is 0.565. The van der Waals surface area contributed by atoms with E-state index in [4.69, 9.17) is 0 Å². The zero-order chi connectivity index (χ0) is 21.3. The van der Waals surface area contributed by atoms with Gasteiger partial charge in [-0.25, -0.2) is 0 Å². The molecule has 7 nitrogen and oxygen atoms in total. The topological polar surface area (TPSA) is 76.3 Å². The van der Waals surface area contributed by atoms with E-state index >= 15 is 0 Å². The molecule has 30 heavy (non-hydrogen) atoms. The molecule has 2 aromatic rings. The summed E-state index contributed by atoms with van der Waals surface area (Å²) in [4.78, 5) is 16.7. The van der Waals surface area contributed by atoms with Crippen LogP contribution in [0.25, 0.3) is 0 Å². The molecule has 1 amide bonds. The maximum absolute atomic E-state index is 12.4. The maximum Gasteiger partial charge on any atom is 0.253 e. The Bertz CT molecular complexity index is 841. The van der Waals surface area contributed by atoms with Crippen molar-refractivity contribution in [2.75, 3.05) is 33.7 Å². The largest absolute Gasteiger partial charge is 0.345 e. The van der Waals surface area contributed by atoms with Crippen LogP contribution in [-0.2, 0) is 0 Å². The number of piperazine rings is 1. The van der Waals surface area contributed by atoms with Gasteiger partial charge in [0.15, 0.2) is 0 Å². The standard InChI is InChI=1S/C23H34N6O/c1-16-15-29(23(17(2)27-16)9-11-24-12-10-23)21(20-13-25-26-14-20)18-5-7-19(8-6-18)22(30)28(3)4/h5-8,13-14,16-17,21,24,27H,9-12,15H2,1-4H3,(H,25,26). The molecule has 1 aromatic heterocycles. The minimum atomic E-state index is 0.0284. The molecule has 4 rings (SSSR count). The number of nitrogens with zero attached hydrogens (tertiary/aromatic N) is 3. The third-order valence-corrected chi connectivity index (χ3v) is 6.88. The Kier molecular flexibility index (Phi) is 5.95. The van der Waals surface area contributed by atoms with Crippen LogP contribution in [-0.4, -0.2) is 77.3 Å². The van der Waals surface area contributed by atoms with Gasteiger partial charge in [0.2, 0.25) is 0 Å². The van der Waals surface area contributed by atoms with Gasteiger partial charge in [-0.1, -0.05) is 12.1 Å². The summed E-state index contributed by atoms with van der Waals surface area (Å²) in [7, 11) is 3.57. The first-order chi connectivity index (χ1) is 14.4. The molecule has 2 aliphatic rings. The summed E-state index contributed by atoms with van der Waals surface area (Å²) in [6, 6.07) is 9.03. The number of carbonyl (C=O) groups excluding carboxylic acids is 1. The van der Waals surface area contributed by atoms with Crippen LogP contribution in [0.5, 0.6) is 0 Å². The molecule has 0 radical (unpaired) electrons. The number of H-pyrrole nitrogens is 1. The minimum absolute atomic E-state index is 0.0284. The van der Waals surface area contributed by atoms with Crippen molar-refractivity contribution in [1.29, 1.82) is 0 Å². The minimum Gasteiger partial charge on any atom is -0.345 e. The zero-order valence-corrected chi connectivity index (χ0v) is 18.5. The molecule has 2 saturated heterocycles. The predicted octanol–water partition coefficient (Wildman–Crippen LogP) is 2.01. The first-order valence-corrected chi connectivity index (χ1v) is 11.0. The average molecular weight is 411 g/mol. The highest BCUT2D eigenvalue weighted by molar-refractivity contribution is 5.93. The van der Waals surface area contributed by atoms with Crippen molar-refractivity contribution in [3.63, 3.8) is 0 Å². The van der Waals surface area contributed by atoms with Crippen LogP contribution in [0.15, 0.2) is 36.7 Å². The van der Waals surface area contributed by atoms with Crippen molar-refractivity contribution < 1.29 is 4.79 Å². The number of aromatic nitrogens is 2. The zero-order valence-electron chi connectivity index (χ0n) is 18.5. The summed E-state index contributed by atoms with van der Waals surface area (Å²) in [5.41, 5.74) is 3.16. The molecule has 162 valence electrons. The molecule has 0 saturated carbocycles. The number of hydrogen-bond acceptors (Lipinski definition) is 5. The van der Waals surface area contributed by atoms with E-state index in [1.807, 2.05) is 24.5 Å². The van der Waals surface area contributed by atoms with E-state index in [2.05, 4.69) is 51.7 Å². The summed E-state index contributed by atoms with van der Waals surface area (Å²) in [6.07, 6.45) is 6.17. The summed E-state index contributed by atoms with van der Waals surface area (Å²) in [5.74, 6) is 0.0284. The molecule has 1 aromatic carbocycles. The molecule has 3 heterocycles. The molecule has 1 spiro atoms. The van der Waals surface area contributed by atoms with E-state index < -0.39 is 0 Å². The van der Waals surface area contributed by atoms with Gasteiger partial charge in [0.05, 0.1) is 12.2 Å². The van der Waals surface area contributed by atoms with Crippen LogP contribution in [0.3, 0.4) is 0 Å². The van der Waals surface area contributed by atoms with Crippen molar-refractivity contribution in [2.45, 2.75) is 50.4 Å². The van der Waals surface area contributed by atoms with Crippen LogP contribution >= 0.6 is 0 Å². The molecule has 3 unspecified atom stereocenters. The van der Waals surface area contributed by atoms with E-state index in [9.17, 15) is 4.79 Å². The fourth-order valence-corrected chi connectivity index (χ4v) is 5.33. The van der Waals surface area contributed by atoms with Crippen molar-refractivity contribution in [2.24, 2.45) is 0 Å². The van der Waals surface area contributed by atoms with Crippen molar-refractivity contribution in [3.8, 4) is 0 Å². The van der Waals surface area contributed by atoms with Gasteiger partial charge in [0.25, 0.3) is 5.91 Å². The third kappa shape index (κ3) is 3.77. The van der Waals surface area contributed by atoms with E-state index in [0.717, 1.165) is 32.5 Å². The Morgan fingerprint density at radius 1 is 1.17 bits per heavy atom. The second kappa shape index (κ2) is 8.49. The predicted molar refractivity (Wildman–Crippen MR) is 118 cm³/mol. The molecule has 0 bridgehead atoms. The van der Waals surface area contributed by atoms with E-state index in [1.165, 1.54) is 11.1 Å². The highest BCUT2D eigenvalue weighted by Gasteiger charge is 2.49.